The predicted octanol–water partition coefficient (Wildman–Crippen LogP) is 2.00. The maximum absolute atomic E-state index is 12.4. The lowest BCUT2D eigenvalue weighted by Gasteiger charge is -2.15. The number of furan rings is 1. The summed E-state index contributed by atoms with van der Waals surface area (Å²) in [6, 6.07) is 8.81. The Bertz CT molecular complexity index is 771. The van der Waals surface area contributed by atoms with Gasteiger partial charge in [-0.1, -0.05) is 0 Å². The standard InChI is InChI=1S/C17H16N2O5/c20-16-6-11(8-19(16)9-13-2-1-5-22-13)17(21)18-12-3-4-14-15(7-12)24-10-23-14/h1-5,7,11H,6,8-10H2,(H,18,21)/t11-/m0/s1. The van der Waals surface area contributed by atoms with Gasteiger partial charge in [-0.3, -0.25) is 9.59 Å². The van der Waals surface area contributed by atoms with Crippen molar-refractivity contribution in [1.82, 2.24) is 4.90 Å². The highest BCUT2D eigenvalue weighted by Gasteiger charge is 2.34. The summed E-state index contributed by atoms with van der Waals surface area (Å²) in [5.41, 5.74) is 0.626. The van der Waals surface area contributed by atoms with E-state index in [-0.39, 0.29) is 30.9 Å². The van der Waals surface area contributed by atoms with Crippen LogP contribution in [0.1, 0.15) is 12.2 Å². The molecule has 0 radical (unpaired) electrons. The Balaban J connectivity index is 1.39. The Morgan fingerprint density at radius 2 is 2.12 bits per heavy atom. The van der Waals surface area contributed by atoms with Crippen molar-refractivity contribution in [2.75, 3.05) is 18.7 Å². The van der Waals surface area contributed by atoms with Crippen LogP contribution in [0.3, 0.4) is 0 Å². The first-order valence-corrected chi connectivity index (χ1v) is 7.70. The number of amides is 2. The first-order chi connectivity index (χ1) is 11.7. The van der Waals surface area contributed by atoms with Crippen LogP contribution < -0.4 is 14.8 Å². The molecule has 0 unspecified atom stereocenters. The van der Waals surface area contributed by atoms with Crippen molar-refractivity contribution in [2.24, 2.45) is 5.92 Å². The van der Waals surface area contributed by atoms with Crippen LogP contribution in [0.2, 0.25) is 0 Å². The number of nitrogens with one attached hydrogen (secondary N) is 1. The second kappa shape index (κ2) is 5.92. The van der Waals surface area contributed by atoms with Crippen LogP contribution in [0.25, 0.3) is 0 Å². The van der Waals surface area contributed by atoms with Crippen molar-refractivity contribution in [1.29, 1.82) is 0 Å². The first kappa shape index (κ1) is 14.6. The van der Waals surface area contributed by atoms with Crippen LogP contribution in [-0.2, 0) is 16.1 Å². The number of fused-ring (bicyclic) bond motifs is 1. The highest BCUT2D eigenvalue weighted by molar-refractivity contribution is 5.97. The van der Waals surface area contributed by atoms with E-state index >= 15 is 0 Å². The molecule has 0 spiro atoms. The van der Waals surface area contributed by atoms with E-state index in [1.54, 1.807) is 35.4 Å². The molecule has 1 N–H and O–H groups in total. The predicted molar refractivity (Wildman–Crippen MR) is 83.4 cm³/mol. The van der Waals surface area contributed by atoms with Gasteiger partial charge in [0.05, 0.1) is 18.7 Å². The van der Waals surface area contributed by atoms with E-state index in [1.165, 1.54) is 0 Å². The molecule has 1 atom stereocenters. The molecule has 0 aliphatic carbocycles. The minimum atomic E-state index is -0.377. The Morgan fingerprint density at radius 1 is 1.25 bits per heavy atom. The molecular formula is C17H16N2O5. The smallest absolute Gasteiger partial charge is 0.231 e. The molecular weight excluding hydrogens is 312 g/mol. The molecule has 2 amide bonds. The Morgan fingerprint density at radius 3 is 2.96 bits per heavy atom. The van der Waals surface area contributed by atoms with E-state index in [0.717, 1.165) is 0 Å². The van der Waals surface area contributed by atoms with Gasteiger partial charge in [0, 0.05) is 24.7 Å². The SMILES string of the molecule is O=C(Nc1ccc2c(c1)OCO2)[C@H]1CC(=O)N(Cc2ccco2)C1. The molecule has 7 heteroatoms. The summed E-state index contributed by atoms with van der Waals surface area (Å²) in [5.74, 6) is 1.38. The van der Waals surface area contributed by atoms with E-state index in [2.05, 4.69) is 5.32 Å². The number of nitrogens with zero attached hydrogens (tertiary/aromatic N) is 1. The van der Waals surface area contributed by atoms with Crippen LogP contribution >= 0.6 is 0 Å². The highest BCUT2D eigenvalue weighted by atomic mass is 16.7. The van der Waals surface area contributed by atoms with Crippen molar-refractivity contribution >= 4 is 17.5 Å². The summed E-state index contributed by atoms with van der Waals surface area (Å²) in [7, 11) is 0. The second-order valence-corrected chi connectivity index (χ2v) is 5.81. The number of hydrogen-bond donors (Lipinski definition) is 1. The zero-order valence-corrected chi connectivity index (χ0v) is 12.9. The van der Waals surface area contributed by atoms with Crippen molar-refractivity contribution in [3.63, 3.8) is 0 Å². The van der Waals surface area contributed by atoms with Gasteiger partial charge in [-0.15, -0.1) is 0 Å². The number of hydrogen-bond acceptors (Lipinski definition) is 5. The van der Waals surface area contributed by atoms with Gasteiger partial charge in [0.1, 0.15) is 5.76 Å². The number of benzene rings is 1. The van der Waals surface area contributed by atoms with E-state index in [1.807, 2.05) is 6.07 Å². The van der Waals surface area contributed by atoms with E-state index in [9.17, 15) is 9.59 Å². The summed E-state index contributed by atoms with van der Waals surface area (Å²) in [4.78, 5) is 26.2. The normalized spacial score (nSPS) is 18.9. The molecule has 2 aliphatic rings. The van der Waals surface area contributed by atoms with Crippen molar-refractivity contribution in [2.45, 2.75) is 13.0 Å². The molecule has 1 fully saturated rings. The average molecular weight is 328 g/mol. The van der Waals surface area contributed by atoms with Gasteiger partial charge >= 0.3 is 0 Å². The second-order valence-electron chi connectivity index (χ2n) is 5.81. The number of anilines is 1. The van der Waals surface area contributed by atoms with Gasteiger partial charge in [-0.2, -0.15) is 0 Å². The number of rotatable bonds is 4. The molecule has 3 heterocycles. The lowest BCUT2D eigenvalue weighted by Crippen LogP contribution is -2.27. The molecule has 124 valence electrons. The van der Waals surface area contributed by atoms with Crippen LogP contribution in [0.15, 0.2) is 41.0 Å². The third-order valence-electron chi connectivity index (χ3n) is 4.15. The number of carbonyl (C=O) groups is 2. The topological polar surface area (TPSA) is 81.0 Å². The van der Waals surface area contributed by atoms with Crippen molar-refractivity contribution in [3.05, 3.63) is 42.4 Å². The largest absolute Gasteiger partial charge is 0.467 e. The van der Waals surface area contributed by atoms with Gasteiger partial charge in [0.2, 0.25) is 18.6 Å². The minimum absolute atomic E-state index is 0.0442. The maximum Gasteiger partial charge on any atom is 0.231 e. The molecule has 0 saturated carbocycles. The Hall–Kier alpha value is -2.96. The third-order valence-corrected chi connectivity index (χ3v) is 4.15. The van der Waals surface area contributed by atoms with E-state index < -0.39 is 0 Å². The zero-order valence-electron chi connectivity index (χ0n) is 12.9. The number of carbonyl (C=O) groups excluding carboxylic acids is 2. The van der Waals surface area contributed by atoms with Crippen LogP contribution in [-0.4, -0.2) is 30.1 Å². The van der Waals surface area contributed by atoms with E-state index in [0.29, 0.717) is 36.0 Å². The zero-order chi connectivity index (χ0) is 16.5. The molecule has 1 aromatic heterocycles. The van der Waals surface area contributed by atoms with Crippen molar-refractivity contribution < 1.29 is 23.5 Å². The molecule has 1 saturated heterocycles. The molecule has 24 heavy (non-hydrogen) atoms. The van der Waals surface area contributed by atoms with Crippen LogP contribution in [0, 0.1) is 5.92 Å². The first-order valence-electron chi connectivity index (χ1n) is 7.70. The van der Waals surface area contributed by atoms with Crippen LogP contribution in [0.5, 0.6) is 11.5 Å². The van der Waals surface area contributed by atoms with Gasteiger partial charge in [-0.05, 0) is 24.3 Å². The Kier molecular flexibility index (Phi) is 3.60. The fraction of sp³-hybridized carbons (Fsp3) is 0.294. The summed E-state index contributed by atoms with van der Waals surface area (Å²) < 4.78 is 15.8. The number of ether oxygens (including phenoxy) is 2. The molecule has 0 bridgehead atoms. The van der Waals surface area contributed by atoms with Crippen LogP contribution in [0.4, 0.5) is 5.69 Å². The highest BCUT2D eigenvalue weighted by Crippen LogP contribution is 2.34. The van der Waals surface area contributed by atoms with E-state index in [4.69, 9.17) is 13.9 Å². The maximum atomic E-state index is 12.4. The third kappa shape index (κ3) is 2.80. The number of likely N-dealkylation sites (tertiary alicyclic amines) is 1. The molecule has 7 nitrogen and oxygen atoms in total. The quantitative estimate of drug-likeness (QED) is 0.928. The summed E-state index contributed by atoms with van der Waals surface area (Å²) in [6.07, 6.45) is 1.77. The minimum Gasteiger partial charge on any atom is -0.467 e. The monoisotopic (exact) mass is 328 g/mol. The van der Waals surface area contributed by atoms with Gasteiger partial charge in [0.25, 0.3) is 0 Å². The van der Waals surface area contributed by atoms with Crippen molar-refractivity contribution in [3.8, 4) is 11.5 Å². The van der Waals surface area contributed by atoms with Gasteiger partial charge < -0.3 is 24.1 Å². The molecule has 4 rings (SSSR count). The summed E-state index contributed by atoms with van der Waals surface area (Å²) in [6.45, 7) is 0.959. The Labute approximate surface area is 138 Å². The van der Waals surface area contributed by atoms with Gasteiger partial charge in [-0.25, -0.2) is 0 Å². The summed E-state index contributed by atoms with van der Waals surface area (Å²) in [5, 5.41) is 2.84. The fourth-order valence-electron chi connectivity index (χ4n) is 2.91. The summed E-state index contributed by atoms with van der Waals surface area (Å²) >= 11 is 0. The molecule has 1 aromatic carbocycles. The fourth-order valence-corrected chi connectivity index (χ4v) is 2.91. The average Bonchev–Trinajstić information content (AvgIpc) is 3.29. The van der Waals surface area contributed by atoms with Gasteiger partial charge in [0.15, 0.2) is 11.5 Å². The lowest BCUT2D eigenvalue weighted by molar-refractivity contribution is -0.128. The molecule has 2 aromatic rings. The molecule has 2 aliphatic heterocycles. The lowest BCUT2D eigenvalue weighted by atomic mass is 10.1.